The molecule has 3 atom stereocenters. The number of fused-ring (bicyclic) bond motifs is 1. The zero-order valence-corrected chi connectivity index (χ0v) is 5.77. The van der Waals surface area contributed by atoms with Crippen molar-refractivity contribution in [3.05, 3.63) is 10.4 Å². The smallest absolute Gasteiger partial charge is 0.309 e. The molecule has 0 aromatic heterocycles. The number of aliphatic carboxylic acids is 1. The van der Waals surface area contributed by atoms with Crippen molar-refractivity contribution < 1.29 is 9.90 Å². The quantitative estimate of drug-likeness (QED) is 0.366. The van der Waals surface area contributed by atoms with Crippen molar-refractivity contribution in [1.82, 2.24) is 0 Å². The van der Waals surface area contributed by atoms with Gasteiger partial charge in [-0.3, -0.25) is 4.79 Å². The zero-order valence-electron chi connectivity index (χ0n) is 5.77. The molecule has 5 nitrogen and oxygen atoms in total. The molecular weight excluding hydrogens is 146 g/mol. The molecule has 5 heteroatoms. The molecule has 11 heavy (non-hydrogen) atoms. The van der Waals surface area contributed by atoms with Gasteiger partial charge in [0.05, 0.1) is 5.41 Å². The minimum absolute atomic E-state index is 0.0453. The molecular formula is C6H7N3O2. The summed E-state index contributed by atoms with van der Waals surface area (Å²) >= 11 is 0. The third-order valence-corrected chi connectivity index (χ3v) is 2.80. The van der Waals surface area contributed by atoms with Crippen LogP contribution in [0, 0.1) is 11.3 Å². The van der Waals surface area contributed by atoms with Gasteiger partial charge in [-0.2, -0.15) is 0 Å². The molecule has 0 unspecified atom stereocenters. The van der Waals surface area contributed by atoms with Gasteiger partial charge in [-0.25, -0.2) is 0 Å². The molecule has 1 N–H and O–H groups in total. The lowest BCUT2D eigenvalue weighted by molar-refractivity contribution is -0.147. The highest BCUT2D eigenvalue weighted by molar-refractivity contribution is 5.81. The molecule has 0 bridgehead atoms. The molecule has 2 aliphatic rings. The number of carboxylic acids is 1. The average molecular weight is 153 g/mol. The van der Waals surface area contributed by atoms with Crippen molar-refractivity contribution in [2.45, 2.75) is 18.9 Å². The predicted octanol–water partition coefficient (Wildman–Crippen LogP) is 1.16. The van der Waals surface area contributed by atoms with E-state index >= 15 is 0 Å². The molecule has 58 valence electrons. The summed E-state index contributed by atoms with van der Waals surface area (Å²) < 4.78 is 0. The summed E-state index contributed by atoms with van der Waals surface area (Å²) in [4.78, 5) is 13.2. The van der Waals surface area contributed by atoms with Gasteiger partial charge in [-0.1, -0.05) is 5.11 Å². The van der Waals surface area contributed by atoms with Crippen molar-refractivity contribution >= 4 is 5.97 Å². The number of hydrogen-bond donors (Lipinski definition) is 1. The topological polar surface area (TPSA) is 86.1 Å². The molecule has 2 fully saturated rings. The maximum Gasteiger partial charge on any atom is 0.309 e. The number of carboxylic acid groups (broad SMARTS) is 1. The molecule has 0 amide bonds. The Kier molecular flexibility index (Phi) is 0.991. The van der Waals surface area contributed by atoms with Crippen molar-refractivity contribution in [1.29, 1.82) is 0 Å². The monoisotopic (exact) mass is 153 g/mol. The van der Waals surface area contributed by atoms with E-state index in [1.807, 2.05) is 0 Å². The molecule has 0 aliphatic heterocycles. The van der Waals surface area contributed by atoms with Crippen LogP contribution in [0.1, 0.15) is 12.8 Å². The maximum atomic E-state index is 10.6. The Bertz CT molecular complexity index is 271. The van der Waals surface area contributed by atoms with Gasteiger partial charge in [-0.15, -0.1) is 0 Å². The maximum absolute atomic E-state index is 10.6. The Balaban J connectivity index is 2.05. The van der Waals surface area contributed by atoms with Crippen LogP contribution < -0.4 is 0 Å². The highest BCUT2D eigenvalue weighted by Crippen LogP contribution is 2.68. The minimum Gasteiger partial charge on any atom is -0.481 e. The normalized spacial score (nSPS) is 44.7. The Morgan fingerprint density at radius 2 is 2.45 bits per heavy atom. The van der Waals surface area contributed by atoms with E-state index < -0.39 is 11.4 Å². The summed E-state index contributed by atoms with van der Waals surface area (Å²) in [5.74, 6) is -0.595. The van der Waals surface area contributed by atoms with Crippen LogP contribution in [0.25, 0.3) is 10.4 Å². The van der Waals surface area contributed by atoms with Crippen LogP contribution in [0.3, 0.4) is 0 Å². The van der Waals surface area contributed by atoms with Gasteiger partial charge in [-0.05, 0) is 24.3 Å². The summed E-state index contributed by atoms with van der Waals surface area (Å²) in [6, 6.07) is -0.0453. The van der Waals surface area contributed by atoms with Gasteiger partial charge in [0.1, 0.15) is 0 Å². The molecule has 0 saturated heterocycles. The highest BCUT2D eigenvalue weighted by atomic mass is 16.4. The van der Waals surface area contributed by atoms with E-state index in [2.05, 4.69) is 10.0 Å². The van der Waals surface area contributed by atoms with Gasteiger partial charge in [0, 0.05) is 11.0 Å². The Morgan fingerprint density at radius 1 is 1.73 bits per heavy atom. The SMILES string of the molecule is [N-]=[N+]=N[C@@H]1C[C@]2(C(=O)O)C[C@H]12. The van der Waals surface area contributed by atoms with Gasteiger partial charge in [0.15, 0.2) is 0 Å². The minimum atomic E-state index is -0.730. The van der Waals surface area contributed by atoms with E-state index in [1.165, 1.54) is 0 Å². The van der Waals surface area contributed by atoms with Crippen LogP contribution in [0.4, 0.5) is 0 Å². The fraction of sp³-hybridized carbons (Fsp3) is 0.833. The van der Waals surface area contributed by atoms with E-state index in [1.54, 1.807) is 0 Å². The van der Waals surface area contributed by atoms with E-state index in [9.17, 15) is 4.79 Å². The fourth-order valence-corrected chi connectivity index (χ4v) is 1.95. The Labute approximate surface area is 62.6 Å². The molecule has 2 aliphatic carbocycles. The third kappa shape index (κ3) is 0.607. The second-order valence-electron chi connectivity index (χ2n) is 3.25. The molecule has 0 aromatic rings. The number of rotatable bonds is 2. The number of nitrogens with zero attached hydrogens (tertiary/aromatic N) is 3. The first-order valence-corrected chi connectivity index (χ1v) is 3.48. The van der Waals surface area contributed by atoms with Crippen molar-refractivity contribution in [3.63, 3.8) is 0 Å². The Hall–Kier alpha value is -1.22. The van der Waals surface area contributed by atoms with E-state index in [4.69, 9.17) is 10.6 Å². The first-order chi connectivity index (χ1) is 5.20. The summed E-state index contributed by atoms with van der Waals surface area (Å²) in [7, 11) is 0. The van der Waals surface area contributed by atoms with E-state index in [-0.39, 0.29) is 12.0 Å². The van der Waals surface area contributed by atoms with Crippen LogP contribution in [0.5, 0.6) is 0 Å². The van der Waals surface area contributed by atoms with E-state index in [0.717, 1.165) is 0 Å². The van der Waals surface area contributed by atoms with Crippen molar-refractivity contribution in [3.8, 4) is 0 Å². The van der Waals surface area contributed by atoms with Crippen LogP contribution in [0.15, 0.2) is 5.11 Å². The summed E-state index contributed by atoms with van der Waals surface area (Å²) in [6.07, 6.45) is 1.24. The van der Waals surface area contributed by atoms with Crippen LogP contribution in [-0.4, -0.2) is 17.1 Å². The third-order valence-electron chi connectivity index (χ3n) is 2.80. The average Bonchev–Trinajstić information content (AvgIpc) is 2.52. The van der Waals surface area contributed by atoms with Crippen LogP contribution >= 0.6 is 0 Å². The number of hydrogen-bond acceptors (Lipinski definition) is 2. The van der Waals surface area contributed by atoms with Crippen molar-refractivity contribution in [2.75, 3.05) is 0 Å². The zero-order chi connectivity index (χ0) is 8.06. The largest absolute Gasteiger partial charge is 0.481 e. The predicted molar refractivity (Wildman–Crippen MR) is 35.7 cm³/mol. The number of carbonyl (C=O) groups is 1. The molecule has 0 spiro atoms. The lowest BCUT2D eigenvalue weighted by atomic mass is 9.80. The molecule has 0 heterocycles. The van der Waals surface area contributed by atoms with E-state index in [0.29, 0.717) is 12.8 Å². The number of azide groups is 1. The summed E-state index contributed by atoms with van der Waals surface area (Å²) in [6.45, 7) is 0. The molecule has 0 radical (unpaired) electrons. The van der Waals surface area contributed by atoms with Gasteiger partial charge in [0.2, 0.25) is 0 Å². The highest BCUT2D eigenvalue weighted by Gasteiger charge is 2.71. The Morgan fingerprint density at radius 3 is 2.82 bits per heavy atom. The van der Waals surface area contributed by atoms with Crippen molar-refractivity contribution in [2.24, 2.45) is 16.4 Å². The standard InChI is InChI=1S/C6H7N3O2/c7-9-8-4-2-6(5(10)11)1-3(4)6/h3-4H,1-2H2,(H,10,11)/t3-,4-,6-/m1/s1. The second kappa shape index (κ2) is 1.68. The fourth-order valence-electron chi connectivity index (χ4n) is 1.95. The summed E-state index contributed by atoms with van der Waals surface area (Å²) in [5, 5.41) is 12.2. The lowest BCUT2D eigenvalue weighted by Gasteiger charge is -2.27. The first kappa shape index (κ1) is 6.49. The lowest BCUT2D eigenvalue weighted by Crippen LogP contribution is -2.35. The second-order valence-corrected chi connectivity index (χ2v) is 3.25. The van der Waals surface area contributed by atoms with Gasteiger partial charge in [0.25, 0.3) is 0 Å². The molecule has 0 aromatic carbocycles. The van der Waals surface area contributed by atoms with Crippen LogP contribution in [-0.2, 0) is 4.79 Å². The summed E-state index contributed by atoms with van der Waals surface area (Å²) in [5.41, 5.74) is 7.58. The molecule has 2 rings (SSSR count). The van der Waals surface area contributed by atoms with Gasteiger partial charge >= 0.3 is 5.97 Å². The molecule has 2 saturated carbocycles. The van der Waals surface area contributed by atoms with Crippen LogP contribution in [0.2, 0.25) is 0 Å². The van der Waals surface area contributed by atoms with Gasteiger partial charge < -0.3 is 5.11 Å². The first-order valence-electron chi connectivity index (χ1n) is 3.48.